The van der Waals surface area contributed by atoms with Gasteiger partial charge in [0.1, 0.15) is 17.2 Å². The molecule has 7 heteroatoms. The highest BCUT2D eigenvalue weighted by Gasteiger charge is 2.14. The van der Waals surface area contributed by atoms with Crippen molar-refractivity contribution in [3.05, 3.63) is 65.9 Å². The summed E-state index contributed by atoms with van der Waals surface area (Å²) in [6, 6.07) is 15.9. The largest absolute Gasteiger partial charge is 0.507 e. The first-order chi connectivity index (χ1) is 13.1. The number of para-hydroxylation sites is 2. The van der Waals surface area contributed by atoms with Gasteiger partial charge in [-0.1, -0.05) is 24.3 Å². The second kappa shape index (κ2) is 8.18. The maximum absolute atomic E-state index is 12.3. The van der Waals surface area contributed by atoms with Crippen molar-refractivity contribution >= 4 is 11.6 Å². The molecule has 3 N–H and O–H groups in total. The lowest BCUT2D eigenvalue weighted by Gasteiger charge is -2.07. The first-order valence-corrected chi connectivity index (χ1v) is 8.50. The SMILES string of the molecule is CCOc1ccccc1-c1cc(C(=O)N/N=C(\C)c2ccccc2O)[nH]n1. The number of carbonyl (C=O) groups is 1. The van der Waals surface area contributed by atoms with E-state index in [1.807, 2.05) is 31.2 Å². The van der Waals surface area contributed by atoms with Gasteiger partial charge in [-0.15, -0.1) is 0 Å². The van der Waals surface area contributed by atoms with Crippen LogP contribution in [0.15, 0.2) is 59.7 Å². The Labute approximate surface area is 156 Å². The van der Waals surface area contributed by atoms with Crippen LogP contribution in [0.1, 0.15) is 29.9 Å². The molecule has 3 aromatic rings. The number of aromatic hydroxyl groups is 1. The van der Waals surface area contributed by atoms with Gasteiger partial charge in [0, 0.05) is 11.1 Å². The number of hydrazone groups is 1. The second-order valence-corrected chi connectivity index (χ2v) is 5.75. The van der Waals surface area contributed by atoms with E-state index in [-0.39, 0.29) is 11.4 Å². The molecule has 27 heavy (non-hydrogen) atoms. The predicted molar refractivity (Wildman–Crippen MR) is 103 cm³/mol. The number of carbonyl (C=O) groups excluding carboxylic acids is 1. The molecule has 0 aliphatic carbocycles. The summed E-state index contributed by atoms with van der Waals surface area (Å²) in [5.74, 6) is 0.369. The molecule has 1 heterocycles. The van der Waals surface area contributed by atoms with Crippen LogP contribution >= 0.6 is 0 Å². The number of benzene rings is 2. The predicted octanol–water partition coefficient (Wildman–Crippen LogP) is 3.34. The normalized spacial score (nSPS) is 11.3. The molecule has 0 aliphatic rings. The second-order valence-electron chi connectivity index (χ2n) is 5.75. The number of hydrogen-bond donors (Lipinski definition) is 3. The molecule has 0 bridgehead atoms. The van der Waals surface area contributed by atoms with Gasteiger partial charge in [-0.3, -0.25) is 9.89 Å². The van der Waals surface area contributed by atoms with Gasteiger partial charge >= 0.3 is 0 Å². The molecule has 2 aromatic carbocycles. The lowest BCUT2D eigenvalue weighted by atomic mass is 10.1. The van der Waals surface area contributed by atoms with E-state index in [0.717, 1.165) is 5.56 Å². The van der Waals surface area contributed by atoms with Crippen molar-refractivity contribution in [3.8, 4) is 22.8 Å². The van der Waals surface area contributed by atoms with Crippen molar-refractivity contribution in [2.75, 3.05) is 6.61 Å². The Kier molecular flexibility index (Phi) is 5.51. The van der Waals surface area contributed by atoms with Gasteiger partial charge in [-0.05, 0) is 44.2 Å². The van der Waals surface area contributed by atoms with Gasteiger partial charge in [0.15, 0.2) is 0 Å². The Morgan fingerprint density at radius 2 is 1.96 bits per heavy atom. The van der Waals surface area contributed by atoms with Crippen molar-refractivity contribution in [2.24, 2.45) is 5.10 Å². The zero-order chi connectivity index (χ0) is 19.2. The highest BCUT2D eigenvalue weighted by Crippen LogP contribution is 2.28. The summed E-state index contributed by atoms with van der Waals surface area (Å²) >= 11 is 0. The van der Waals surface area contributed by atoms with Gasteiger partial charge in [-0.2, -0.15) is 10.2 Å². The average Bonchev–Trinajstić information content (AvgIpc) is 3.17. The molecule has 1 aromatic heterocycles. The molecule has 0 saturated heterocycles. The zero-order valence-corrected chi connectivity index (χ0v) is 15.1. The lowest BCUT2D eigenvalue weighted by Crippen LogP contribution is -2.19. The van der Waals surface area contributed by atoms with E-state index in [0.29, 0.717) is 29.3 Å². The molecule has 0 aliphatic heterocycles. The number of nitrogens with zero attached hydrogens (tertiary/aromatic N) is 2. The number of nitrogens with one attached hydrogen (secondary N) is 2. The summed E-state index contributed by atoms with van der Waals surface area (Å²) in [7, 11) is 0. The molecule has 138 valence electrons. The molecule has 0 atom stereocenters. The Hall–Kier alpha value is -3.61. The van der Waals surface area contributed by atoms with Gasteiger partial charge < -0.3 is 9.84 Å². The van der Waals surface area contributed by atoms with Gasteiger partial charge in [0.2, 0.25) is 0 Å². The van der Waals surface area contributed by atoms with E-state index in [9.17, 15) is 9.90 Å². The summed E-state index contributed by atoms with van der Waals surface area (Å²) in [6.07, 6.45) is 0. The first-order valence-electron chi connectivity index (χ1n) is 8.50. The fourth-order valence-electron chi connectivity index (χ4n) is 2.57. The van der Waals surface area contributed by atoms with E-state index >= 15 is 0 Å². The summed E-state index contributed by atoms with van der Waals surface area (Å²) in [5.41, 5.74) is 5.17. The number of phenols is 1. The van der Waals surface area contributed by atoms with Crippen molar-refractivity contribution in [1.82, 2.24) is 15.6 Å². The third-order valence-electron chi connectivity index (χ3n) is 3.90. The monoisotopic (exact) mass is 364 g/mol. The molecule has 0 fully saturated rings. The zero-order valence-electron chi connectivity index (χ0n) is 15.1. The van der Waals surface area contributed by atoms with Crippen LogP contribution in [0, 0.1) is 0 Å². The molecule has 0 unspecified atom stereocenters. The lowest BCUT2D eigenvalue weighted by molar-refractivity contribution is 0.0950. The van der Waals surface area contributed by atoms with Crippen molar-refractivity contribution in [1.29, 1.82) is 0 Å². The number of hydrogen-bond acceptors (Lipinski definition) is 5. The van der Waals surface area contributed by atoms with Crippen molar-refractivity contribution in [3.63, 3.8) is 0 Å². The summed E-state index contributed by atoms with van der Waals surface area (Å²) in [4.78, 5) is 12.3. The van der Waals surface area contributed by atoms with Gasteiger partial charge in [0.05, 0.1) is 18.0 Å². The van der Waals surface area contributed by atoms with E-state index in [1.54, 1.807) is 37.3 Å². The number of aromatic nitrogens is 2. The van der Waals surface area contributed by atoms with E-state index in [4.69, 9.17) is 4.74 Å². The van der Waals surface area contributed by atoms with Crippen molar-refractivity contribution < 1.29 is 14.6 Å². The smallest absolute Gasteiger partial charge is 0.289 e. The van der Waals surface area contributed by atoms with E-state index < -0.39 is 5.91 Å². The van der Waals surface area contributed by atoms with Gasteiger partial charge in [0.25, 0.3) is 5.91 Å². The van der Waals surface area contributed by atoms with Crippen LogP contribution in [0.3, 0.4) is 0 Å². The molecule has 7 nitrogen and oxygen atoms in total. The summed E-state index contributed by atoms with van der Waals surface area (Å²) in [6.45, 7) is 4.15. The molecule has 0 saturated carbocycles. The van der Waals surface area contributed by atoms with Crippen LogP contribution in [0.25, 0.3) is 11.3 Å². The summed E-state index contributed by atoms with van der Waals surface area (Å²) < 4.78 is 5.60. The fraction of sp³-hybridized carbons (Fsp3) is 0.150. The average molecular weight is 364 g/mol. The minimum atomic E-state index is -0.433. The number of aromatic amines is 1. The minimum Gasteiger partial charge on any atom is -0.507 e. The van der Waals surface area contributed by atoms with Crippen LogP contribution in [0.5, 0.6) is 11.5 Å². The number of rotatable bonds is 6. The third-order valence-corrected chi connectivity index (χ3v) is 3.90. The summed E-state index contributed by atoms with van der Waals surface area (Å²) in [5, 5.41) is 20.8. The first kappa shape index (κ1) is 18.2. The van der Waals surface area contributed by atoms with Crippen LogP contribution in [0.4, 0.5) is 0 Å². The van der Waals surface area contributed by atoms with E-state index in [2.05, 4.69) is 20.7 Å². The number of H-pyrrole nitrogens is 1. The molecular weight excluding hydrogens is 344 g/mol. The number of phenolic OH excluding ortho intramolecular Hbond substituents is 1. The standard InChI is InChI=1S/C20H20N4O3/c1-3-27-19-11-7-5-9-15(19)16-12-17(23-22-16)20(26)24-21-13(2)14-8-4-6-10-18(14)25/h4-12,25H,3H2,1-2H3,(H,22,23)(H,24,26)/b21-13+. The molecule has 0 radical (unpaired) electrons. The molecular formula is C20H20N4O3. The topological polar surface area (TPSA) is 99.6 Å². The van der Waals surface area contributed by atoms with Crippen LogP contribution < -0.4 is 10.2 Å². The van der Waals surface area contributed by atoms with Crippen LogP contribution in [0.2, 0.25) is 0 Å². The minimum absolute atomic E-state index is 0.101. The fourth-order valence-corrected chi connectivity index (χ4v) is 2.57. The highest BCUT2D eigenvalue weighted by atomic mass is 16.5. The molecule has 3 rings (SSSR count). The molecule has 1 amide bonds. The number of ether oxygens (including phenoxy) is 1. The van der Waals surface area contributed by atoms with Crippen molar-refractivity contribution in [2.45, 2.75) is 13.8 Å². The van der Waals surface area contributed by atoms with Crippen LogP contribution in [-0.2, 0) is 0 Å². The third kappa shape index (κ3) is 4.14. The molecule has 0 spiro atoms. The highest BCUT2D eigenvalue weighted by molar-refractivity contribution is 6.02. The quantitative estimate of drug-likeness (QED) is 0.461. The van der Waals surface area contributed by atoms with Gasteiger partial charge in [-0.25, -0.2) is 5.43 Å². The Balaban J connectivity index is 1.76. The van der Waals surface area contributed by atoms with Crippen LogP contribution in [-0.4, -0.2) is 33.5 Å². The van der Waals surface area contributed by atoms with E-state index in [1.165, 1.54) is 0 Å². The number of amides is 1. The maximum atomic E-state index is 12.3. The Morgan fingerprint density at radius 1 is 1.22 bits per heavy atom. The maximum Gasteiger partial charge on any atom is 0.289 e. The Morgan fingerprint density at radius 3 is 2.74 bits per heavy atom. The Bertz CT molecular complexity index is 979.